The molecule has 0 unspecified atom stereocenters. The number of halogens is 2. The van der Waals surface area contributed by atoms with Crippen molar-refractivity contribution < 1.29 is 13.6 Å². The molecule has 3 aromatic rings. The van der Waals surface area contributed by atoms with Gasteiger partial charge in [-0.3, -0.25) is 9.89 Å². The van der Waals surface area contributed by atoms with Crippen LogP contribution in [0.25, 0.3) is 11.3 Å². The number of benzene rings is 2. The Kier molecular flexibility index (Phi) is 4.65. The SMILES string of the molecule is C/C(=N/NC(=O)c1cc(-c2ccccc2)n[nH]1)c1ccc(F)c(F)c1. The average Bonchev–Trinajstić information content (AvgIpc) is 3.12. The van der Waals surface area contributed by atoms with Crippen molar-refractivity contribution in [3.63, 3.8) is 0 Å². The number of aromatic amines is 1. The van der Waals surface area contributed by atoms with Crippen molar-refractivity contribution in [1.82, 2.24) is 15.6 Å². The molecule has 7 heteroatoms. The molecule has 0 bridgehead atoms. The van der Waals surface area contributed by atoms with Crippen LogP contribution in [0.5, 0.6) is 0 Å². The fraction of sp³-hybridized carbons (Fsp3) is 0.0556. The predicted molar refractivity (Wildman–Crippen MR) is 90.1 cm³/mol. The van der Waals surface area contributed by atoms with Gasteiger partial charge in [-0.15, -0.1) is 0 Å². The van der Waals surface area contributed by atoms with Crippen molar-refractivity contribution in [3.8, 4) is 11.3 Å². The van der Waals surface area contributed by atoms with E-state index in [0.29, 0.717) is 17.0 Å². The van der Waals surface area contributed by atoms with E-state index in [1.807, 2.05) is 30.3 Å². The third kappa shape index (κ3) is 3.77. The molecule has 1 heterocycles. The van der Waals surface area contributed by atoms with Crippen molar-refractivity contribution in [2.24, 2.45) is 5.10 Å². The van der Waals surface area contributed by atoms with Gasteiger partial charge in [0, 0.05) is 11.1 Å². The molecule has 1 aromatic heterocycles. The molecular weight excluding hydrogens is 326 g/mol. The molecule has 0 atom stereocenters. The van der Waals surface area contributed by atoms with Crippen LogP contribution >= 0.6 is 0 Å². The number of nitrogens with one attached hydrogen (secondary N) is 2. The number of rotatable bonds is 4. The van der Waals surface area contributed by atoms with Crippen LogP contribution < -0.4 is 5.43 Å². The lowest BCUT2D eigenvalue weighted by Gasteiger charge is -2.02. The molecule has 0 aliphatic carbocycles. The molecule has 5 nitrogen and oxygen atoms in total. The molecule has 0 fully saturated rings. The van der Waals surface area contributed by atoms with Gasteiger partial charge in [-0.05, 0) is 31.2 Å². The summed E-state index contributed by atoms with van der Waals surface area (Å²) in [6, 6.07) is 14.4. The molecule has 0 aliphatic heterocycles. The van der Waals surface area contributed by atoms with Gasteiger partial charge in [0.05, 0.1) is 11.4 Å². The molecule has 126 valence electrons. The van der Waals surface area contributed by atoms with Gasteiger partial charge in [-0.1, -0.05) is 30.3 Å². The maximum atomic E-state index is 13.2. The number of carbonyl (C=O) groups is 1. The van der Waals surface area contributed by atoms with Crippen LogP contribution in [0.2, 0.25) is 0 Å². The lowest BCUT2D eigenvalue weighted by atomic mass is 10.1. The van der Waals surface area contributed by atoms with Crippen molar-refractivity contribution in [2.45, 2.75) is 6.92 Å². The van der Waals surface area contributed by atoms with Gasteiger partial charge < -0.3 is 0 Å². The van der Waals surface area contributed by atoms with Gasteiger partial charge in [-0.25, -0.2) is 14.2 Å². The summed E-state index contributed by atoms with van der Waals surface area (Å²) in [5.74, 6) is -2.40. The Morgan fingerprint density at radius 1 is 1.08 bits per heavy atom. The number of H-pyrrole nitrogens is 1. The highest BCUT2D eigenvalue weighted by molar-refractivity contribution is 6.00. The monoisotopic (exact) mass is 340 g/mol. The van der Waals surface area contributed by atoms with Crippen molar-refractivity contribution in [3.05, 3.63) is 77.5 Å². The molecule has 0 spiro atoms. The second-order valence-corrected chi connectivity index (χ2v) is 5.30. The van der Waals surface area contributed by atoms with Crippen LogP contribution in [0.3, 0.4) is 0 Å². The average molecular weight is 340 g/mol. The van der Waals surface area contributed by atoms with Crippen LogP contribution in [0.15, 0.2) is 59.7 Å². The molecule has 3 rings (SSSR count). The van der Waals surface area contributed by atoms with E-state index in [4.69, 9.17) is 0 Å². The van der Waals surface area contributed by atoms with Gasteiger partial charge in [0.15, 0.2) is 11.6 Å². The van der Waals surface area contributed by atoms with Gasteiger partial charge >= 0.3 is 0 Å². The summed E-state index contributed by atoms with van der Waals surface area (Å²) < 4.78 is 26.2. The molecule has 1 amide bonds. The third-order valence-corrected chi connectivity index (χ3v) is 3.55. The minimum Gasteiger partial charge on any atom is -0.272 e. The summed E-state index contributed by atoms with van der Waals surface area (Å²) in [6.07, 6.45) is 0. The van der Waals surface area contributed by atoms with E-state index in [1.54, 1.807) is 13.0 Å². The summed E-state index contributed by atoms with van der Waals surface area (Å²) in [5.41, 5.74) is 4.81. The van der Waals surface area contributed by atoms with Crippen molar-refractivity contribution in [2.75, 3.05) is 0 Å². The Hall–Kier alpha value is -3.35. The maximum Gasteiger partial charge on any atom is 0.289 e. The first kappa shape index (κ1) is 16.5. The van der Waals surface area contributed by atoms with Crippen LogP contribution in [0, 0.1) is 11.6 Å². The smallest absolute Gasteiger partial charge is 0.272 e. The van der Waals surface area contributed by atoms with Gasteiger partial charge in [-0.2, -0.15) is 10.2 Å². The summed E-state index contributed by atoms with van der Waals surface area (Å²) in [5, 5.41) is 10.6. The second kappa shape index (κ2) is 7.04. The molecule has 25 heavy (non-hydrogen) atoms. The topological polar surface area (TPSA) is 70.1 Å². The number of aromatic nitrogens is 2. The summed E-state index contributed by atoms with van der Waals surface area (Å²) in [6.45, 7) is 1.58. The fourth-order valence-corrected chi connectivity index (χ4v) is 2.18. The predicted octanol–water partition coefficient (Wildman–Crippen LogP) is 3.51. The van der Waals surface area contributed by atoms with E-state index in [9.17, 15) is 13.6 Å². The largest absolute Gasteiger partial charge is 0.289 e. The molecule has 0 saturated heterocycles. The highest BCUT2D eigenvalue weighted by Crippen LogP contribution is 2.16. The lowest BCUT2D eigenvalue weighted by molar-refractivity contribution is 0.0950. The summed E-state index contributed by atoms with van der Waals surface area (Å²) in [7, 11) is 0. The van der Waals surface area contributed by atoms with E-state index in [2.05, 4.69) is 20.7 Å². The van der Waals surface area contributed by atoms with Crippen LogP contribution in [0.4, 0.5) is 8.78 Å². The maximum absolute atomic E-state index is 13.2. The highest BCUT2D eigenvalue weighted by atomic mass is 19.2. The minimum absolute atomic E-state index is 0.237. The second-order valence-electron chi connectivity index (χ2n) is 5.30. The molecular formula is C18H14F2N4O. The standard InChI is InChI=1S/C18H14F2N4O/c1-11(13-7-8-14(19)15(20)9-13)21-24-18(25)17-10-16(22-23-17)12-5-3-2-4-6-12/h2-10H,1H3,(H,22,23)(H,24,25)/b21-11-. The van der Waals surface area contributed by atoms with Gasteiger partial charge in [0.2, 0.25) is 0 Å². The Morgan fingerprint density at radius 2 is 1.84 bits per heavy atom. The molecule has 0 radical (unpaired) electrons. The Morgan fingerprint density at radius 3 is 2.56 bits per heavy atom. The molecule has 2 N–H and O–H groups in total. The highest BCUT2D eigenvalue weighted by Gasteiger charge is 2.11. The van der Waals surface area contributed by atoms with Gasteiger partial charge in [0.25, 0.3) is 5.91 Å². The number of hydrogen-bond donors (Lipinski definition) is 2. The van der Waals surface area contributed by atoms with Crippen LogP contribution in [0.1, 0.15) is 23.0 Å². The Labute approximate surface area is 142 Å². The number of amides is 1. The fourth-order valence-electron chi connectivity index (χ4n) is 2.18. The third-order valence-electron chi connectivity index (χ3n) is 3.55. The van der Waals surface area contributed by atoms with E-state index >= 15 is 0 Å². The first-order valence-corrected chi connectivity index (χ1v) is 7.45. The molecule has 0 saturated carbocycles. The zero-order valence-electron chi connectivity index (χ0n) is 13.3. The number of carbonyl (C=O) groups excluding carboxylic acids is 1. The van der Waals surface area contributed by atoms with Crippen molar-refractivity contribution >= 4 is 11.6 Å². The van der Waals surface area contributed by atoms with E-state index in [1.165, 1.54) is 6.07 Å². The van der Waals surface area contributed by atoms with E-state index in [0.717, 1.165) is 17.7 Å². The molecule has 0 aliphatic rings. The number of hydrogen-bond acceptors (Lipinski definition) is 3. The van der Waals surface area contributed by atoms with Crippen LogP contribution in [-0.4, -0.2) is 21.8 Å². The lowest BCUT2D eigenvalue weighted by Crippen LogP contribution is -2.19. The van der Waals surface area contributed by atoms with Gasteiger partial charge in [0.1, 0.15) is 5.69 Å². The molecule has 2 aromatic carbocycles. The zero-order chi connectivity index (χ0) is 17.8. The zero-order valence-corrected chi connectivity index (χ0v) is 13.3. The van der Waals surface area contributed by atoms with E-state index in [-0.39, 0.29) is 5.69 Å². The first-order valence-electron chi connectivity index (χ1n) is 7.45. The van der Waals surface area contributed by atoms with E-state index < -0.39 is 17.5 Å². The summed E-state index contributed by atoms with van der Waals surface area (Å²) >= 11 is 0. The number of nitrogens with zero attached hydrogens (tertiary/aromatic N) is 2. The first-order chi connectivity index (χ1) is 12.0. The number of hydrazone groups is 1. The quantitative estimate of drug-likeness (QED) is 0.564. The Balaban J connectivity index is 1.72. The van der Waals surface area contributed by atoms with Crippen LogP contribution in [-0.2, 0) is 0 Å². The Bertz CT molecular complexity index is 935. The normalized spacial score (nSPS) is 11.4. The minimum atomic E-state index is -0.973. The summed E-state index contributed by atoms with van der Waals surface area (Å²) in [4.78, 5) is 12.1. The van der Waals surface area contributed by atoms with Crippen molar-refractivity contribution in [1.29, 1.82) is 0 Å².